The molecule has 2 aromatic heterocycles. The van der Waals surface area contributed by atoms with Crippen LogP contribution in [0, 0.1) is 0 Å². The predicted octanol–water partition coefficient (Wildman–Crippen LogP) is 4.26. The minimum Gasteiger partial charge on any atom is -0.491 e. The average molecular weight is 499 g/mol. The molecule has 37 heavy (non-hydrogen) atoms. The van der Waals surface area contributed by atoms with Gasteiger partial charge in [0.25, 0.3) is 11.8 Å². The lowest BCUT2D eigenvalue weighted by Crippen LogP contribution is -2.39. The second-order valence-electron chi connectivity index (χ2n) is 8.77. The minimum absolute atomic E-state index is 0.0576. The van der Waals surface area contributed by atoms with E-state index < -0.39 is 11.8 Å². The van der Waals surface area contributed by atoms with Gasteiger partial charge in [-0.25, -0.2) is 4.98 Å². The molecule has 0 radical (unpaired) electrons. The van der Waals surface area contributed by atoms with E-state index in [9.17, 15) is 15.0 Å². The lowest BCUT2D eigenvalue weighted by molar-refractivity contribution is 0.0652. The van der Waals surface area contributed by atoms with Crippen LogP contribution in [0.5, 0.6) is 11.6 Å². The van der Waals surface area contributed by atoms with Gasteiger partial charge in [-0.2, -0.15) is 4.98 Å². The Balaban J connectivity index is 1.73. The second-order valence-corrected chi connectivity index (χ2v) is 8.77. The van der Waals surface area contributed by atoms with Crippen molar-refractivity contribution in [3.05, 3.63) is 102 Å². The van der Waals surface area contributed by atoms with E-state index in [1.54, 1.807) is 6.20 Å². The highest BCUT2D eigenvalue weighted by Gasteiger charge is 2.28. The Morgan fingerprint density at radius 3 is 2.35 bits per heavy atom. The molecule has 190 valence electrons. The highest BCUT2D eigenvalue weighted by atomic mass is 16.5. The lowest BCUT2D eigenvalue weighted by Gasteiger charge is -2.26. The average Bonchev–Trinajstić information content (AvgIpc) is 2.92. The number of aliphatic hydroxyl groups is 1. The van der Waals surface area contributed by atoms with Gasteiger partial charge in [0.05, 0.1) is 18.7 Å². The van der Waals surface area contributed by atoms with Crippen molar-refractivity contribution in [1.29, 1.82) is 0 Å². The van der Waals surface area contributed by atoms with Crippen molar-refractivity contribution < 1.29 is 19.7 Å². The number of aliphatic hydroxyl groups excluding tert-OH is 1. The Morgan fingerprint density at radius 1 is 0.973 bits per heavy atom. The zero-order valence-electron chi connectivity index (χ0n) is 20.9. The van der Waals surface area contributed by atoms with Gasteiger partial charge in [0.15, 0.2) is 5.69 Å². The summed E-state index contributed by atoms with van der Waals surface area (Å²) in [7, 11) is 0. The molecule has 2 aromatic carbocycles. The fraction of sp³-hybridized carbons (Fsp3) is 0.241. The summed E-state index contributed by atoms with van der Waals surface area (Å²) in [5.41, 5.74) is 3.41. The van der Waals surface area contributed by atoms with E-state index in [2.05, 4.69) is 15.0 Å². The molecule has 0 fully saturated rings. The maximum Gasteiger partial charge on any atom is 0.276 e. The number of carbonyl (C=O) groups excluding carboxylic acids is 1. The SMILES string of the molecule is CC(C)N(CCO)C(=O)c1nc(Cc2ncccc2-c2ccccc2)nc(O)c1OCc1ccccc1. The van der Waals surface area contributed by atoms with Gasteiger partial charge in [-0.05, 0) is 31.0 Å². The third kappa shape index (κ3) is 6.29. The number of aromatic hydroxyl groups is 1. The number of rotatable bonds is 10. The van der Waals surface area contributed by atoms with Crippen molar-refractivity contribution in [2.75, 3.05) is 13.2 Å². The monoisotopic (exact) mass is 498 g/mol. The van der Waals surface area contributed by atoms with Gasteiger partial charge in [-0.15, -0.1) is 0 Å². The van der Waals surface area contributed by atoms with Crippen molar-refractivity contribution in [1.82, 2.24) is 19.9 Å². The van der Waals surface area contributed by atoms with Gasteiger partial charge < -0.3 is 19.8 Å². The first-order valence-corrected chi connectivity index (χ1v) is 12.2. The van der Waals surface area contributed by atoms with Crippen LogP contribution >= 0.6 is 0 Å². The van der Waals surface area contributed by atoms with Gasteiger partial charge in [0.2, 0.25) is 5.75 Å². The standard InChI is InChI=1S/C29H30N4O4/c1-20(2)33(16-17-34)29(36)26-27(37-19-21-10-5-3-6-11-21)28(35)32-25(31-26)18-24-23(14-9-15-30-24)22-12-7-4-8-13-22/h3-15,20,34H,16-19H2,1-2H3,(H,31,32,35). The first-order chi connectivity index (χ1) is 18.0. The summed E-state index contributed by atoms with van der Waals surface area (Å²) < 4.78 is 5.88. The van der Waals surface area contributed by atoms with Crippen LogP contribution in [0.25, 0.3) is 11.1 Å². The lowest BCUT2D eigenvalue weighted by atomic mass is 10.0. The number of benzene rings is 2. The third-order valence-corrected chi connectivity index (χ3v) is 5.85. The number of nitrogens with zero attached hydrogens (tertiary/aromatic N) is 4. The van der Waals surface area contributed by atoms with E-state index in [4.69, 9.17) is 4.74 Å². The van der Waals surface area contributed by atoms with Gasteiger partial charge in [-0.3, -0.25) is 9.78 Å². The Hall–Kier alpha value is -4.30. The zero-order chi connectivity index (χ0) is 26.2. The summed E-state index contributed by atoms with van der Waals surface area (Å²) in [6.45, 7) is 3.73. The minimum atomic E-state index is -0.463. The molecule has 2 N–H and O–H groups in total. The summed E-state index contributed by atoms with van der Waals surface area (Å²) in [5, 5.41) is 20.4. The Kier molecular flexibility index (Phi) is 8.43. The van der Waals surface area contributed by atoms with E-state index in [0.29, 0.717) is 5.69 Å². The molecule has 8 nitrogen and oxygen atoms in total. The first-order valence-electron chi connectivity index (χ1n) is 12.2. The fourth-order valence-corrected chi connectivity index (χ4v) is 4.02. The molecular weight excluding hydrogens is 468 g/mol. The molecule has 0 aliphatic heterocycles. The van der Waals surface area contributed by atoms with Crippen LogP contribution in [-0.2, 0) is 13.0 Å². The van der Waals surface area contributed by atoms with Gasteiger partial charge in [0.1, 0.15) is 12.4 Å². The molecule has 0 atom stereocenters. The third-order valence-electron chi connectivity index (χ3n) is 5.85. The van der Waals surface area contributed by atoms with Gasteiger partial charge >= 0.3 is 0 Å². The Morgan fingerprint density at radius 2 is 1.68 bits per heavy atom. The molecule has 0 aliphatic carbocycles. The highest BCUT2D eigenvalue weighted by Crippen LogP contribution is 2.31. The molecule has 0 bridgehead atoms. The molecule has 0 spiro atoms. The number of aromatic nitrogens is 3. The van der Waals surface area contributed by atoms with E-state index in [0.717, 1.165) is 16.7 Å². The van der Waals surface area contributed by atoms with Crippen molar-refractivity contribution in [3.8, 4) is 22.8 Å². The molecule has 2 heterocycles. The topological polar surface area (TPSA) is 109 Å². The number of hydrogen-bond donors (Lipinski definition) is 2. The van der Waals surface area contributed by atoms with Gasteiger partial charge in [0, 0.05) is 24.3 Å². The maximum absolute atomic E-state index is 13.6. The quantitative estimate of drug-likeness (QED) is 0.336. The van der Waals surface area contributed by atoms with Crippen molar-refractivity contribution in [2.45, 2.75) is 32.9 Å². The summed E-state index contributed by atoms with van der Waals surface area (Å²) in [5.74, 6) is -0.744. The molecule has 4 rings (SSSR count). The molecule has 1 amide bonds. The summed E-state index contributed by atoms with van der Waals surface area (Å²) in [4.78, 5) is 28.4. The number of pyridine rings is 1. The molecule has 0 saturated heterocycles. The summed E-state index contributed by atoms with van der Waals surface area (Å²) >= 11 is 0. The van der Waals surface area contributed by atoms with E-state index in [1.807, 2.05) is 86.6 Å². The van der Waals surface area contributed by atoms with Crippen molar-refractivity contribution >= 4 is 5.91 Å². The number of ether oxygens (including phenoxy) is 1. The molecule has 4 aromatic rings. The van der Waals surface area contributed by atoms with Gasteiger partial charge in [-0.1, -0.05) is 66.7 Å². The molecule has 0 saturated carbocycles. The van der Waals surface area contributed by atoms with E-state index in [-0.39, 0.29) is 49.5 Å². The normalized spacial score (nSPS) is 10.9. The van der Waals surface area contributed by atoms with Crippen LogP contribution in [-0.4, -0.2) is 55.2 Å². The summed E-state index contributed by atoms with van der Waals surface area (Å²) in [6, 6.07) is 22.8. The largest absolute Gasteiger partial charge is 0.491 e. The molecular formula is C29H30N4O4. The van der Waals surface area contributed by atoms with E-state index >= 15 is 0 Å². The zero-order valence-corrected chi connectivity index (χ0v) is 20.9. The van der Waals surface area contributed by atoms with E-state index in [1.165, 1.54) is 4.90 Å². The number of amides is 1. The molecule has 0 aliphatic rings. The van der Waals surface area contributed by atoms with Crippen LogP contribution < -0.4 is 4.74 Å². The maximum atomic E-state index is 13.6. The molecule has 8 heteroatoms. The summed E-state index contributed by atoms with van der Waals surface area (Å²) in [6.07, 6.45) is 1.88. The van der Waals surface area contributed by atoms with Crippen LogP contribution in [0.15, 0.2) is 79.0 Å². The number of carbonyl (C=O) groups is 1. The van der Waals surface area contributed by atoms with Crippen LogP contribution in [0.3, 0.4) is 0 Å². The van der Waals surface area contributed by atoms with Crippen LogP contribution in [0.2, 0.25) is 0 Å². The Bertz CT molecular complexity index is 1330. The van der Waals surface area contributed by atoms with Crippen molar-refractivity contribution in [2.24, 2.45) is 0 Å². The molecule has 0 unspecified atom stereocenters. The first kappa shape index (κ1) is 25.8. The highest BCUT2D eigenvalue weighted by molar-refractivity contribution is 5.95. The smallest absolute Gasteiger partial charge is 0.276 e. The van der Waals surface area contributed by atoms with Crippen molar-refractivity contribution in [3.63, 3.8) is 0 Å². The van der Waals surface area contributed by atoms with Crippen LogP contribution in [0.4, 0.5) is 0 Å². The number of hydrogen-bond acceptors (Lipinski definition) is 7. The predicted molar refractivity (Wildman–Crippen MR) is 140 cm³/mol. The van der Waals surface area contributed by atoms with Crippen LogP contribution in [0.1, 0.15) is 41.4 Å². The second kappa shape index (κ2) is 12.1. The Labute approximate surface area is 216 Å². The fourth-order valence-electron chi connectivity index (χ4n) is 4.02.